The van der Waals surface area contributed by atoms with Crippen molar-refractivity contribution in [3.8, 4) is 0 Å². The van der Waals surface area contributed by atoms with Gasteiger partial charge in [-0.2, -0.15) is 0 Å². The maximum absolute atomic E-state index is 9.52. The highest BCUT2D eigenvalue weighted by molar-refractivity contribution is 4.74. The van der Waals surface area contributed by atoms with Crippen LogP contribution in [0.15, 0.2) is 0 Å². The second-order valence-corrected chi connectivity index (χ2v) is 3.55. The molecule has 0 saturated carbocycles. The van der Waals surface area contributed by atoms with E-state index in [-0.39, 0.29) is 0 Å². The molecule has 56 valence electrons. The molecule has 2 rings (SSSR count). The Balaban J connectivity index is 2.14. The van der Waals surface area contributed by atoms with Gasteiger partial charge in [0.2, 0.25) is 0 Å². The van der Waals surface area contributed by atoms with Crippen molar-refractivity contribution in [1.29, 1.82) is 0 Å². The maximum Gasteiger partial charge on any atom is 0.141 e. The Labute approximate surface area is 61.7 Å². The summed E-state index contributed by atoms with van der Waals surface area (Å²) in [6.45, 7) is 0. The molecule has 0 N–H and O–H groups in total. The molecule has 2 bridgehead atoms. The number of hydrogen-bond donors (Lipinski definition) is 0. The molecule has 10 heavy (non-hydrogen) atoms. The van der Waals surface area contributed by atoms with E-state index in [9.17, 15) is 5.53 Å². The van der Waals surface area contributed by atoms with Crippen molar-refractivity contribution in [2.45, 2.75) is 50.6 Å². The predicted molar refractivity (Wildman–Crippen MR) is 38.9 cm³/mol. The lowest BCUT2D eigenvalue weighted by Gasteiger charge is -2.10. The van der Waals surface area contributed by atoms with E-state index in [0.29, 0.717) is 12.1 Å². The van der Waals surface area contributed by atoms with Gasteiger partial charge in [-0.3, -0.25) is 0 Å². The lowest BCUT2D eigenvalue weighted by molar-refractivity contribution is -0.597. The Bertz CT molecular complexity index is 137. The highest BCUT2D eigenvalue weighted by Crippen LogP contribution is 2.30. The first-order valence-electron chi connectivity index (χ1n) is 4.35. The van der Waals surface area contributed by atoms with Gasteiger partial charge >= 0.3 is 0 Å². The van der Waals surface area contributed by atoms with Crippen LogP contribution in [0.25, 0.3) is 5.53 Å². The quantitative estimate of drug-likeness (QED) is 0.458. The fraction of sp³-hybridized carbons (Fsp3) is 1.00. The Morgan fingerprint density at radius 2 is 1.40 bits per heavy atom. The number of nitrogens with zero attached hydrogens (tertiary/aromatic N) is 2. The molecule has 2 heteroatoms. The van der Waals surface area contributed by atoms with Gasteiger partial charge in [0.05, 0.1) is 0 Å². The smallest absolute Gasteiger partial charge is 0.141 e. The summed E-state index contributed by atoms with van der Waals surface area (Å²) in [5.74, 6) is 0. The molecule has 0 aliphatic carbocycles. The van der Waals surface area contributed by atoms with Gasteiger partial charge < -0.3 is 10.2 Å². The van der Waals surface area contributed by atoms with Crippen LogP contribution in [-0.4, -0.2) is 16.8 Å². The van der Waals surface area contributed by atoms with Crippen LogP contribution in [0.2, 0.25) is 0 Å². The molecule has 0 aromatic heterocycles. The molecule has 2 saturated heterocycles. The highest BCUT2D eigenvalue weighted by Gasteiger charge is 2.34. The number of rotatable bonds is 0. The standard InChI is InChI=1S/C8H14N2/c9-10-7-3-1-2-4-8(10)6-5-7/h7-8H,1-6H2. The summed E-state index contributed by atoms with van der Waals surface area (Å²) >= 11 is 0. The summed E-state index contributed by atoms with van der Waals surface area (Å²) < 4.78 is 1.62. The molecule has 0 aromatic rings. The third kappa shape index (κ3) is 0.862. The van der Waals surface area contributed by atoms with Crippen LogP contribution >= 0.6 is 0 Å². The number of fused-ring (bicyclic) bond motifs is 2. The van der Waals surface area contributed by atoms with Crippen molar-refractivity contribution < 1.29 is 4.70 Å². The van der Waals surface area contributed by atoms with E-state index in [1.54, 1.807) is 4.70 Å². The Hall–Kier alpha value is -0.400. The van der Waals surface area contributed by atoms with Gasteiger partial charge in [0.15, 0.2) is 0 Å². The van der Waals surface area contributed by atoms with Crippen LogP contribution in [0.3, 0.4) is 0 Å². The molecule has 0 spiro atoms. The van der Waals surface area contributed by atoms with Crippen molar-refractivity contribution in [2.75, 3.05) is 0 Å². The molecule has 0 aromatic carbocycles. The van der Waals surface area contributed by atoms with Crippen LogP contribution in [0.5, 0.6) is 0 Å². The molecular weight excluding hydrogens is 124 g/mol. The first kappa shape index (κ1) is 6.32. The van der Waals surface area contributed by atoms with Crippen LogP contribution in [0.1, 0.15) is 38.5 Å². The van der Waals surface area contributed by atoms with Crippen molar-refractivity contribution in [1.82, 2.24) is 0 Å². The van der Waals surface area contributed by atoms with E-state index < -0.39 is 0 Å². The molecule has 2 atom stereocenters. The minimum absolute atomic E-state index is 0.507. The van der Waals surface area contributed by atoms with Crippen molar-refractivity contribution >= 4 is 0 Å². The summed E-state index contributed by atoms with van der Waals surface area (Å²) in [6.07, 6.45) is 7.51. The van der Waals surface area contributed by atoms with Gasteiger partial charge in [-0.1, -0.05) is 0 Å². The van der Waals surface area contributed by atoms with E-state index in [2.05, 4.69) is 0 Å². The average molecular weight is 138 g/mol. The Morgan fingerprint density at radius 3 is 1.90 bits per heavy atom. The summed E-state index contributed by atoms with van der Waals surface area (Å²) in [7, 11) is 0. The van der Waals surface area contributed by atoms with E-state index in [0.717, 1.165) is 0 Å². The topological polar surface area (TPSA) is 25.3 Å². The molecule has 2 aliphatic rings. The zero-order chi connectivity index (χ0) is 6.97. The number of hydrogen-bond acceptors (Lipinski definition) is 0. The third-order valence-corrected chi connectivity index (χ3v) is 2.91. The Kier molecular flexibility index (Phi) is 1.47. The van der Waals surface area contributed by atoms with Crippen molar-refractivity contribution in [3.05, 3.63) is 5.53 Å². The van der Waals surface area contributed by atoms with Crippen LogP contribution in [0.4, 0.5) is 0 Å². The van der Waals surface area contributed by atoms with E-state index >= 15 is 0 Å². The summed E-state index contributed by atoms with van der Waals surface area (Å²) in [6, 6.07) is 1.01. The van der Waals surface area contributed by atoms with E-state index in [1.807, 2.05) is 0 Å². The van der Waals surface area contributed by atoms with Crippen molar-refractivity contribution in [2.24, 2.45) is 0 Å². The van der Waals surface area contributed by atoms with E-state index in [4.69, 9.17) is 0 Å². The second-order valence-electron chi connectivity index (χ2n) is 3.55. The predicted octanol–water partition coefficient (Wildman–Crippen LogP) is 2.13. The molecular formula is C8H14N2. The first-order chi connectivity index (χ1) is 4.88. The van der Waals surface area contributed by atoms with Gasteiger partial charge in [0, 0.05) is 25.7 Å². The zero-order valence-corrected chi connectivity index (χ0v) is 6.29. The molecule has 2 fully saturated rings. The minimum atomic E-state index is 0.507. The lowest BCUT2D eigenvalue weighted by atomic mass is 10.0. The summed E-state index contributed by atoms with van der Waals surface area (Å²) in [5.41, 5.74) is 9.52. The fourth-order valence-electron chi connectivity index (χ4n) is 2.26. The summed E-state index contributed by atoms with van der Waals surface area (Å²) in [5, 5.41) is 0. The van der Waals surface area contributed by atoms with Gasteiger partial charge in [0.25, 0.3) is 0 Å². The Morgan fingerprint density at radius 1 is 0.900 bits per heavy atom. The normalized spacial score (nSPS) is 39.8. The van der Waals surface area contributed by atoms with Gasteiger partial charge in [0.1, 0.15) is 12.1 Å². The average Bonchev–Trinajstić information content (AvgIpc) is 2.06. The van der Waals surface area contributed by atoms with Crippen molar-refractivity contribution in [3.63, 3.8) is 0 Å². The van der Waals surface area contributed by atoms with Crippen LogP contribution in [-0.2, 0) is 0 Å². The molecule has 0 radical (unpaired) electrons. The van der Waals surface area contributed by atoms with E-state index in [1.165, 1.54) is 38.5 Å². The fourth-order valence-corrected chi connectivity index (χ4v) is 2.26. The van der Waals surface area contributed by atoms with Gasteiger partial charge in [-0.05, 0) is 12.8 Å². The minimum Gasteiger partial charge on any atom is -0.506 e. The van der Waals surface area contributed by atoms with Crippen LogP contribution in [0, 0.1) is 0 Å². The van der Waals surface area contributed by atoms with Crippen LogP contribution < -0.4 is 0 Å². The largest absolute Gasteiger partial charge is 0.506 e. The SMILES string of the molecule is [N-]=[N+]1C2CCCCC1CC2. The van der Waals surface area contributed by atoms with Gasteiger partial charge in [-0.25, -0.2) is 0 Å². The maximum atomic E-state index is 9.52. The first-order valence-corrected chi connectivity index (χ1v) is 4.35. The molecule has 2 aliphatic heterocycles. The molecule has 2 unspecified atom stereocenters. The third-order valence-electron chi connectivity index (χ3n) is 2.91. The monoisotopic (exact) mass is 138 g/mol. The second kappa shape index (κ2) is 2.33. The highest BCUT2D eigenvalue weighted by atomic mass is 15.2. The molecule has 0 amide bonds. The summed E-state index contributed by atoms with van der Waals surface area (Å²) in [4.78, 5) is 0. The lowest BCUT2D eigenvalue weighted by Crippen LogP contribution is -2.20. The zero-order valence-electron chi connectivity index (χ0n) is 6.29. The van der Waals surface area contributed by atoms with Gasteiger partial charge in [-0.15, -0.1) is 0 Å². The molecule has 2 nitrogen and oxygen atoms in total. The molecule has 2 heterocycles.